The SMILES string of the molecule is Nc1nnc(SS)o1. The van der Waals surface area contributed by atoms with E-state index in [2.05, 4.69) is 26.3 Å². The van der Waals surface area contributed by atoms with Gasteiger partial charge in [-0.2, -0.15) is 0 Å². The third-order valence-corrected chi connectivity index (χ3v) is 1.29. The highest BCUT2D eigenvalue weighted by molar-refractivity contribution is 8.68. The minimum atomic E-state index is 0.0709. The van der Waals surface area contributed by atoms with E-state index in [1.807, 2.05) is 0 Å². The van der Waals surface area contributed by atoms with Crippen LogP contribution in [-0.2, 0) is 0 Å². The summed E-state index contributed by atoms with van der Waals surface area (Å²) < 4.78 is 4.67. The van der Waals surface area contributed by atoms with Gasteiger partial charge in [-0.1, -0.05) is 10.2 Å². The second-order valence-electron chi connectivity index (χ2n) is 0.997. The predicted molar refractivity (Wildman–Crippen MR) is 33.6 cm³/mol. The second-order valence-corrected chi connectivity index (χ2v) is 2.08. The maximum absolute atomic E-state index is 5.07. The summed E-state index contributed by atoms with van der Waals surface area (Å²) in [4.78, 5) is 0. The van der Waals surface area contributed by atoms with Crippen LogP contribution in [0.1, 0.15) is 0 Å². The van der Waals surface area contributed by atoms with Crippen molar-refractivity contribution in [2.24, 2.45) is 0 Å². The van der Waals surface area contributed by atoms with Crippen LogP contribution in [0.15, 0.2) is 9.64 Å². The first-order chi connectivity index (χ1) is 3.83. The van der Waals surface area contributed by atoms with E-state index in [-0.39, 0.29) is 6.01 Å². The molecule has 0 aliphatic carbocycles. The lowest BCUT2D eigenvalue weighted by atomic mass is 11.2. The highest BCUT2D eigenvalue weighted by atomic mass is 33.1. The Balaban J connectivity index is 2.84. The van der Waals surface area contributed by atoms with E-state index in [0.717, 1.165) is 10.8 Å². The van der Waals surface area contributed by atoms with Crippen molar-refractivity contribution < 1.29 is 4.42 Å². The molecule has 2 N–H and O–H groups in total. The molecule has 0 aliphatic rings. The Morgan fingerprint density at radius 3 is 2.62 bits per heavy atom. The van der Waals surface area contributed by atoms with Gasteiger partial charge in [-0.3, -0.25) is 0 Å². The number of hydrogen-bond donors (Lipinski definition) is 2. The number of thiol groups is 1. The smallest absolute Gasteiger partial charge is 0.313 e. The lowest BCUT2D eigenvalue weighted by Crippen LogP contribution is -1.81. The first-order valence-electron chi connectivity index (χ1n) is 1.73. The van der Waals surface area contributed by atoms with Crippen LogP contribution >= 0.6 is 22.5 Å². The molecule has 6 heteroatoms. The molecule has 8 heavy (non-hydrogen) atoms. The Labute approximate surface area is 54.7 Å². The van der Waals surface area contributed by atoms with Crippen molar-refractivity contribution in [2.75, 3.05) is 5.73 Å². The Hall–Kier alpha value is -0.360. The summed E-state index contributed by atoms with van der Waals surface area (Å²) in [6.45, 7) is 0. The molecule has 0 atom stereocenters. The number of nitrogens with two attached hydrogens (primary N) is 1. The first-order valence-corrected chi connectivity index (χ1v) is 3.60. The number of aromatic nitrogens is 2. The molecule has 0 unspecified atom stereocenters. The summed E-state index contributed by atoms with van der Waals surface area (Å²) in [5.41, 5.74) is 5.07. The molecule has 0 aliphatic heterocycles. The minimum Gasteiger partial charge on any atom is -0.397 e. The molecule has 0 fully saturated rings. The van der Waals surface area contributed by atoms with Crippen LogP contribution in [0.2, 0.25) is 0 Å². The van der Waals surface area contributed by atoms with Crippen LogP contribution in [0.25, 0.3) is 0 Å². The van der Waals surface area contributed by atoms with Crippen LogP contribution in [0.3, 0.4) is 0 Å². The van der Waals surface area contributed by atoms with Crippen LogP contribution in [0, 0.1) is 0 Å². The van der Waals surface area contributed by atoms with Gasteiger partial charge < -0.3 is 10.2 Å². The van der Waals surface area contributed by atoms with Gasteiger partial charge in [0.25, 0.3) is 5.22 Å². The first kappa shape index (κ1) is 5.77. The zero-order chi connectivity index (χ0) is 5.98. The number of rotatable bonds is 1. The molecular formula is C2H3N3OS2. The molecule has 0 saturated carbocycles. The van der Waals surface area contributed by atoms with E-state index in [1.54, 1.807) is 0 Å². The Morgan fingerprint density at radius 1 is 1.62 bits per heavy atom. The predicted octanol–water partition coefficient (Wildman–Crippen LogP) is 0.589. The summed E-state index contributed by atoms with van der Waals surface area (Å²) in [5, 5.41) is 7.22. The molecule has 4 nitrogen and oxygen atoms in total. The molecular weight excluding hydrogens is 146 g/mol. The third-order valence-electron chi connectivity index (χ3n) is 0.500. The average Bonchev–Trinajstić information content (AvgIpc) is 2.14. The maximum atomic E-state index is 5.07. The summed E-state index contributed by atoms with van der Waals surface area (Å²) in [6, 6.07) is 0.0709. The third kappa shape index (κ3) is 1.07. The Morgan fingerprint density at radius 2 is 2.38 bits per heavy atom. The van der Waals surface area contributed by atoms with Gasteiger partial charge in [-0.15, -0.1) is 11.7 Å². The van der Waals surface area contributed by atoms with Gasteiger partial charge in [0.1, 0.15) is 0 Å². The second kappa shape index (κ2) is 2.27. The molecule has 0 amide bonds. The molecule has 1 aromatic heterocycles. The quantitative estimate of drug-likeness (QED) is 0.452. The summed E-state index contributed by atoms with van der Waals surface area (Å²) in [7, 11) is 1.06. The number of nitrogens with zero attached hydrogens (tertiary/aromatic N) is 2. The van der Waals surface area contributed by atoms with Crippen molar-refractivity contribution in [2.45, 2.75) is 5.22 Å². The largest absolute Gasteiger partial charge is 0.397 e. The van der Waals surface area contributed by atoms with Crippen molar-refractivity contribution in [1.82, 2.24) is 10.2 Å². The van der Waals surface area contributed by atoms with E-state index < -0.39 is 0 Å². The van der Waals surface area contributed by atoms with E-state index in [0.29, 0.717) is 5.22 Å². The zero-order valence-electron chi connectivity index (χ0n) is 3.74. The fraction of sp³-hybridized carbons (Fsp3) is 0. The summed E-state index contributed by atoms with van der Waals surface area (Å²) in [6.07, 6.45) is 0. The maximum Gasteiger partial charge on any atom is 0.313 e. The molecule has 44 valence electrons. The molecule has 0 radical (unpaired) electrons. The van der Waals surface area contributed by atoms with Gasteiger partial charge in [-0.25, -0.2) is 0 Å². The average molecular weight is 149 g/mol. The molecule has 1 aromatic rings. The molecule has 1 rings (SSSR count). The fourth-order valence-corrected chi connectivity index (χ4v) is 0.679. The van der Waals surface area contributed by atoms with Crippen molar-refractivity contribution in [3.63, 3.8) is 0 Å². The normalized spacial score (nSPS) is 9.62. The van der Waals surface area contributed by atoms with Crippen LogP contribution < -0.4 is 5.73 Å². The lowest BCUT2D eigenvalue weighted by Gasteiger charge is -1.76. The molecule has 0 bridgehead atoms. The number of hydrogen-bond acceptors (Lipinski definition) is 6. The van der Waals surface area contributed by atoms with Crippen molar-refractivity contribution in [1.29, 1.82) is 0 Å². The number of anilines is 1. The fourth-order valence-electron chi connectivity index (χ4n) is 0.257. The van der Waals surface area contributed by atoms with E-state index in [4.69, 9.17) is 5.73 Å². The van der Waals surface area contributed by atoms with Gasteiger partial charge >= 0.3 is 6.01 Å². The zero-order valence-corrected chi connectivity index (χ0v) is 5.45. The van der Waals surface area contributed by atoms with Gasteiger partial charge in [0, 0.05) is 10.8 Å². The van der Waals surface area contributed by atoms with Crippen LogP contribution in [0.5, 0.6) is 0 Å². The molecule has 1 heterocycles. The standard InChI is InChI=1S/C2H3N3OS2/c3-1-4-5-2(6-1)8-7/h7H,(H2,3,4). The van der Waals surface area contributed by atoms with Gasteiger partial charge in [0.2, 0.25) is 0 Å². The van der Waals surface area contributed by atoms with Gasteiger partial charge in [0.15, 0.2) is 0 Å². The van der Waals surface area contributed by atoms with Gasteiger partial charge in [-0.05, 0) is 0 Å². The van der Waals surface area contributed by atoms with Crippen molar-refractivity contribution in [3.05, 3.63) is 0 Å². The monoisotopic (exact) mass is 149 g/mol. The highest BCUT2D eigenvalue weighted by Gasteiger charge is 1.97. The van der Waals surface area contributed by atoms with E-state index >= 15 is 0 Å². The van der Waals surface area contributed by atoms with E-state index in [1.165, 1.54) is 0 Å². The lowest BCUT2D eigenvalue weighted by molar-refractivity contribution is 0.472. The van der Waals surface area contributed by atoms with Gasteiger partial charge in [0.05, 0.1) is 0 Å². The number of nitrogen functional groups attached to an aromatic ring is 1. The summed E-state index contributed by atoms with van der Waals surface area (Å²) in [5.74, 6) is 0. The Kier molecular flexibility index (Phi) is 1.64. The molecule has 0 saturated heterocycles. The van der Waals surface area contributed by atoms with Crippen molar-refractivity contribution in [3.8, 4) is 0 Å². The Bertz CT molecular complexity index is 176. The summed E-state index contributed by atoms with van der Waals surface area (Å²) >= 11 is 3.79. The highest BCUT2D eigenvalue weighted by Crippen LogP contribution is 2.19. The molecule has 0 aromatic carbocycles. The van der Waals surface area contributed by atoms with Crippen LogP contribution in [-0.4, -0.2) is 10.2 Å². The minimum absolute atomic E-state index is 0.0709. The van der Waals surface area contributed by atoms with Crippen molar-refractivity contribution >= 4 is 28.5 Å². The topological polar surface area (TPSA) is 64.9 Å². The van der Waals surface area contributed by atoms with E-state index in [9.17, 15) is 0 Å². The van der Waals surface area contributed by atoms with Crippen LogP contribution in [0.4, 0.5) is 6.01 Å². The molecule has 0 spiro atoms.